The lowest BCUT2D eigenvalue weighted by molar-refractivity contribution is 0.392. The van der Waals surface area contributed by atoms with Crippen LogP contribution in [0.15, 0.2) is 0 Å². The Morgan fingerprint density at radius 3 is 1.94 bits per heavy atom. The summed E-state index contributed by atoms with van der Waals surface area (Å²) in [6.07, 6.45) is 3.14. The first-order valence-electron chi connectivity index (χ1n) is 5.46. The van der Waals surface area contributed by atoms with Gasteiger partial charge in [-0.05, 0) is 65.0 Å². The third kappa shape index (κ3) is 6.84. The molecule has 0 saturated carbocycles. The molecule has 0 aromatic heterocycles. The van der Waals surface area contributed by atoms with E-state index < -0.39 is 0 Å². The van der Waals surface area contributed by atoms with Gasteiger partial charge in [0, 0.05) is 0 Å². The minimum atomic E-state index is 0.433. The fourth-order valence-corrected chi connectivity index (χ4v) is 3.40. The van der Waals surface area contributed by atoms with Crippen LogP contribution in [0.5, 0.6) is 0 Å². The molecule has 0 aromatic carbocycles. The summed E-state index contributed by atoms with van der Waals surface area (Å²) >= 11 is 23.1. The lowest BCUT2D eigenvalue weighted by atomic mass is 9.85. The second kappa shape index (κ2) is 11.3. The Morgan fingerprint density at radius 2 is 1.56 bits per heavy atom. The second-order valence-corrected chi connectivity index (χ2v) is 5.70. The average Bonchev–Trinajstić information content (AvgIpc) is 2.32. The maximum absolute atomic E-state index is 5.09. The van der Waals surface area contributed by atoms with Crippen molar-refractivity contribution in [3.05, 3.63) is 0 Å². The average molecular weight is 313 g/mol. The van der Waals surface area contributed by atoms with Crippen LogP contribution in [0.3, 0.4) is 0 Å². The van der Waals surface area contributed by atoms with Crippen molar-refractivity contribution in [3.63, 3.8) is 0 Å². The molecule has 0 bridgehead atoms. The van der Waals surface area contributed by atoms with Crippen LogP contribution in [-0.2, 0) is 0 Å². The molecule has 0 radical (unpaired) electrons. The molecule has 3 unspecified atom stereocenters. The van der Waals surface area contributed by atoms with Gasteiger partial charge in [0.1, 0.15) is 0 Å². The Kier molecular flexibility index (Phi) is 12.2. The van der Waals surface area contributed by atoms with E-state index >= 15 is 0 Å². The predicted octanol–water partition coefficient (Wildman–Crippen LogP) is 3.79. The van der Waals surface area contributed by atoms with Gasteiger partial charge in [0.25, 0.3) is 0 Å². The Labute approximate surface area is 127 Å². The van der Waals surface area contributed by atoms with Crippen LogP contribution in [0.25, 0.3) is 0 Å². The van der Waals surface area contributed by atoms with Gasteiger partial charge in [0.15, 0.2) is 0 Å². The zero-order chi connectivity index (χ0) is 12.4. The van der Waals surface area contributed by atoms with Crippen LogP contribution >= 0.6 is 62.3 Å². The summed E-state index contributed by atoms with van der Waals surface area (Å²) < 4.78 is 0. The molecule has 0 aliphatic carbocycles. The summed E-state index contributed by atoms with van der Waals surface area (Å²) in [4.78, 5) is 0. The molecule has 0 aromatic rings. The van der Waals surface area contributed by atoms with Crippen LogP contribution in [-0.4, -0.2) is 28.0 Å². The Bertz CT molecular complexity index is 195. The van der Waals surface area contributed by atoms with Gasteiger partial charge >= 0.3 is 0 Å². The van der Waals surface area contributed by atoms with Crippen LogP contribution in [0.1, 0.15) is 19.3 Å². The van der Waals surface area contributed by atoms with E-state index in [4.69, 9.17) is 24.4 Å². The maximum Gasteiger partial charge on any atom is -0.00634 e. The number of thiocarbonyl (C=S) groups is 2. The van der Waals surface area contributed by atoms with E-state index in [1.165, 1.54) is 0 Å². The van der Waals surface area contributed by atoms with E-state index in [9.17, 15) is 0 Å². The molecule has 5 heteroatoms. The van der Waals surface area contributed by atoms with Crippen molar-refractivity contribution in [3.8, 4) is 0 Å². The first-order chi connectivity index (χ1) is 7.73. The number of hydrogen-bond acceptors (Lipinski definition) is 5. The first kappa shape index (κ1) is 17.2. The monoisotopic (exact) mass is 312 g/mol. The molecule has 94 valence electrons. The standard InChI is InChI=1S/C11H20S5/c12-3-1-9(6-14)5-11(8-16)10(7-15)2-4-13/h6-7,9-13,16H,1-5,8H2. The molecule has 0 nitrogen and oxygen atoms in total. The molecule has 0 rings (SSSR count). The zero-order valence-corrected chi connectivity index (χ0v) is 13.6. The summed E-state index contributed by atoms with van der Waals surface area (Å²) in [7, 11) is 0. The number of hydrogen-bond donors (Lipinski definition) is 3. The highest BCUT2D eigenvalue weighted by molar-refractivity contribution is 7.80. The van der Waals surface area contributed by atoms with Gasteiger partial charge in [0.2, 0.25) is 0 Å². The maximum atomic E-state index is 5.09. The van der Waals surface area contributed by atoms with Crippen molar-refractivity contribution in [2.75, 3.05) is 17.3 Å². The molecule has 0 fully saturated rings. The molecule has 0 aliphatic heterocycles. The molecular weight excluding hydrogens is 292 g/mol. The van der Waals surface area contributed by atoms with E-state index in [0.717, 1.165) is 36.5 Å². The smallest absolute Gasteiger partial charge is 0.00634 e. The molecule has 3 atom stereocenters. The number of thiol groups is 3. The summed E-state index contributed by atoms with van der Waals surface area (Å²) in [5.74, 6) is 4.02. The van der Waals surface area contributed by atoms with E-state index in [2.05, 4.69) is 37.9 Å². The Hall–Kier alpha value is 1.23. The summed E-state index contributed by atoms with van der Waals surface area (Å²) in [6, 6.07) is 0. The molecule has 0 aliphatic rings. The highest BCUT2D eigenvalue weighted by Gasteiger charge is 2.20. The largest absolute Gasteiger partial charge is 0.179 e. The summed E-state index contributed by atoms with van der Waals surface area (Å²) in [5.41, 5.74) is 0. The highest BCUT2D eigenvalue weighted by Crippen LogP contribution is 2.25. The van der Waals surface area contributed by atoms with Crippen LogP contribution < -0.4 is 0 Å². The second-order valence-electron chi connectivity index (χ2n) is 3.90. The lowest BCUT2D eigenvalue weighted by Gasteiger charge is -2.24. The van der Waals surface area contributed by atoms with Gasteiger partial charge in [-0.1, -0.05) is 24.4 Å². The van der Waals surface area contributed by atoms with E-state index in [-0.39, 0.29) is 0 Å². The topological polar surface area (TPSA) is 0 Å². The van der Waals surface area contributed by atoms with Gasteiger partial charge in [0.05, 0.1) is 0 Å². The normalized spacial score (nSPS) is 16.4. The van der Waals surface area contributed by atoms with Crippen molar-refractivity contribution in [1.29, 1.82) is 0 Å². The number of rotatable bonds is 10. The molecule has 0 amide bonds. The molecule has 0 spiro atoms. The predicted molar refractivity (Wildman–Crippen MR) is 93.2 cm³/mol. The Morgan fingerprint density at radius 1 is 0.938 bits per heavy atom. The summed E-state index contributed by atoms with van der Waals surface area (Å²) in [5, 5.41) is 3.74. The van der Waals surface area contributed by atoms with Gasteiger partial charge < -0.3 is 0 Å². The van der Waals surface area contributed by atoms with Crippen molar-refractivity contribution in [2.45, 2.75) is 19.3 Å². The Balaban J connectivity index is 4.33. The first-order valence-corrected chi connectivity index (χ1v) is 8.30. The summed E-state index contributed by atoms with van der Waals surface area (Å²) in [6.45, 7) is 0. The van der Waals surface area contributed by atoms with Crippen LogP contribution in [0, 0.1) is 17.8 Å². The van der Waals surface area contributed by atoms with E-state index in [1.54, 1.807) is 0 Å². The molecule has 0 heterocycles. The molecule has 0 N–H and O–H groups in total. The van der Waals surface area contributed by atoms with Gasteiger partial charge in [-0.2, -0.15) is 37.9 Å². The fourth-order valence-electron chi connectivity index (χ4n) is 1.74. The molecule has 0 saturated heterocycles. The minimum Gasteiger partial charge on any atom is -0.179 e. The SMILES string of the molecule is S=CC(CCS)CC(CS)C(C=S)CCS. The fraction of sp³-hybridized carbons (Fsp3) is 0.818. The van der Waals surface area contributed by atoms with Crippen LogP contribution in [0.2, 0.25) is 0 Å². The quantitative estimate of drug-likeness (QED) is 0.415. The third-order valence-corrected chi connectivity index (χ3v) is 4.49. The van der Waals surface area contributed by atoms with Crippen LogP contribution in [0.4, 0.5) is 0 Å². The van der Waals surface area contributed by atoms with Crippen molar-refractivity contribution < 1.29 is 0 Å². The lowest BCUT2D eigenvalue weighted by Crippen LogP contribution is -2.22. The van der Waals surface area contributed by atoms with Gasteiger partial charge in [-0.15, -0.1) is 0 Å². The zero-order valence-electron chi connectivity index (χ0n) is 9.29. The van der Waals surface area contributed by atoms with E-state index in [1.807, 2.05) is 10.7 Å². The van der Waals surface area contributed by atoms with Gasteiger partial charge in [-0.3, -0.25) is 0 Å². The molecular formula is C11H20S5. The van der Waals surface area contributed by atoms with Gasteiger partial charge in [-0.25, -0.2) is 0 Å². The highest BCUT2D eigenvalue weighted by atomic mass is 32.1. The minimum absolute atomic E-state index is 0.433. The van der Waals surface area contributed by atoms with Crippen molar-refractivity contribution >= 4 is 73.1 Å². The van der Waals surface area contributed by atoms with Crippen molar-refractivity contribution in [1.82, 2.24) is 0 Å². The van der Waals surface area contributed by atoms with Crippen molar-refractivity contribution in [2.24, 2.45) is 17.8 Å². The van der Waals surface area contributed by atoms with E-state index in [0.29, 0.717) is 17.8 Å². The molecule has 16 heavy (non-hydrogen) atoms. The third-order valence-electron chi connectivity index (χ3n) is 2.78.